The van der Waals surface area contributed by atoms with Crippen LogP contribution in [0.4, 0.5) is 0 Å². The number of carbonyl (C=O) groups excluding carboxylic acids is 2. The molecule has 0 aromatic rings. The Morgan fingerprint density at radius 2 is 0.677 bits per heavy atom. The number of esters is 2. The van der Waals surface area contributed by atoms with E-state index in [0.29, 0.717) is 0 Å². The van der Waals surface area contributed by atoms with Gasteiger partial charge in [0.1, 0.15) is 0 Å². The molecule has 0 heterocycles. The third-order valence-electron chi connectivity index (χ3n) is 1.36. The zero-order chi connectivity index (χ0) is 25.4. The summed E-state index contributed by atoms with van der Waals surface area (Å²) in [4.78, 5) is 21.7. The van der Waals surface area contributed by atoms with Crippen LogP contribution in [-0.2, 0) is 40.8 Å². The average Bonchev–Trinajstić information content (AvgIpc) is 2.51. The van der Waals surface area contributed by atoms with Gasteiger partial charge in [-0.25, -0.2) is 9.59 Å². The molecule has 0 aliphatic rings. The van der Waals surface area contributed by atoms with Crippen molar-refractivity contribution in [2.75, 3.05) is 13.2 Å². The van der Waals surface area contributed by atoms with Crippen LogP contribution in [0.25, 0.3) is 0 Å². The van der Waals surface area contributed by atoms with Crippen LogP contribution in [0.3, 0.4) is 0 Å². The van der Waals surface area contributed by atoms with E-state index in [1.807, 2.05) is 0 Å². The Hall–Kier alpha value is -0.586. The van der Waals surface area contributed by atoms with Crippen molar-refractivity contribution < 1.29 is 71.4 Å². The van der Waals surface area contributed by atoms with Gasteiger partial charge in [0.15, 0.2) is 12.2 Å². The van der Waals surface area contributed by atoms with Crippen LogP contribution in [0, 0.1) is 0 Å². The van der Waals surface area contributed by atoms with Crippen LogP contribution in [-0.4, -0.2) is 92.4 Å². The third kappa shape index (κ3) is 72.9. The van der Waals surface area contributed by atoms with Crippen molar-refractivity contribution in [1.29, 1.82) is 0 Å². The normalized spacial score (nSPS) is 11.1. The summed E-state index contributed by atoms with van der Waals surface area (Å²) in [5, 5.41) is 50.4. The van der Waals surface area contributed by atoms with Crippen LogP contribution >= 0.6 is 0 Å². The third-order valence-corrected chi connectivity index (χ3v) is 1.36. The van der Waals surface area contributed by atoms with Crippen molar-refractivity contribution in [3.63, 3.8) is 0 Å². The minimum Gasteiger partial charge on any atom is -0.464 e. The minimum absolute atomic E-state index is 0. The molecule has 190 valence electrons. The van der Waals surface area contributed by atoms with E-state index in [0.717, 1.165) is 0 Å². The molecule has 0 aliphatic heterocycles. The number of aliphatic hydroxyl groups is 6. The van der Waals surface area contributed by atoms with E-state index in [9.17, 15) is 9.59 Å². The van der Waals surface area contributed by atoms with Crippen molar-refractivity contribution in [2.45, 2.75) is 106 Å². The van der Waals surface area contributed by atoms with Crippen molar-refractivity contribution >= 4 is 11.9 Å². The first-order valence-electron chi connectivity index (χ1n) is 9.89. The summed E-state index contributed by atoms with van der Waals surface area (Å²) >= 11 is 0. The van der Waals surface area contributed by atoms with E-state index in [2.05, 4.69) is 9.47 Å². The first-order chi connectivity index (χ1) is 13.5. The molecule has 0 rings (SSSR count). The van der Waals surface area contributed by atoms with Gasteiger partial charge in [0.25, 0.3) is 0 Å². The number of carbonyl (C=O) groups is 2. The predicted octanol–water partition coefficient (Wildman–Crippen LogP) is 0.380. The summed E-state index contributed by atoms with van der Waals surface area (Å²) in [5.74, 6) is -2.10. The Kier molecular flexibility index (Phi) is 45.0. The Labute approximate surface area is 202 Å². The molecule has 2 unspecified atom stereocenters. The van der Waals surface area contributed by atoms with Crippen LogP contribution in [0.15, 0.2) is 0 Å². The quantitative estimate of drug-likeness (QED) is 0.232. The first kappa shape index (κ1) is 44.1. The molecule has 0 aromatic heterocycles. The number of hydrogen-bond donors (Lipinski definition) is 6. The van der Waals surface area contributed by atoms with E-state index in [-0.39, 0.29) is 59.3 Å². The molecule has 0 aromatic carbocycles. The van der Waals surface area contributed by atoms with Crippen LogP contribution < -0.4 is 0 Å². The Balaban J connectivity index is -0.0000000756. The average molecular weight is 494 g/mol. The van der Waals surface area contributed by atoms with Crippen molar-refractivity contribution in [3.05, 3.63) is 0 Å². The van der Waals surface area contributed by atoms with E-state index < -0.39 is 24.1 Å². The van der Waals surface area contributed by atoms with Gasteiger partial charge in [-0.3, -0.25) is 0 Å². The molecule has 10 nitrogen and oxygen atoms in total. The number of hydrogen-bond acceptors (Lipinski definition) is 10. The molecule has 6 N–H and O–H groups in total. The fourth-order valence-electron chi connectivity index (χ4n) is 0.713. The molecule has 0 amide bonds. The van der Waals surface area contributed by atoms with Gasteiger partial charge in [-0.1, -0.05) is 0 Å². The number of ether oxygens (including phenoxy) is 2. The number of aliphatic hydroxyl groups excluding tert-OH is 6. The van der Waals surface area contributed by atoms with Gasteiger partial charge in [-0.05, 0) is 69.2 Å². The minimum atomic E-state index is -1.89. The van der Waals surface area contributed by atoms with E-state index >= 15 is 0 Å². The predicted molar refractivity (Wildman–Crippen MR) is 115 cm³/mol. The second-order valence-corrected chi connectivity index (χ2v) is 6.77. The van der Waals surface area contributed by atoms with E-state index in [4.69, 9.17) is 30.6 Å². The maximum absolute atomic E-state index is 10.9. The van der Waals surface area contributed by atoms with Crippen LogP contribution in [0.1, 0.15) is 69.2 Å². The monoisotopic (exact) mass is 494 g/mol. The zero-order valence-corrected chi connectivity index (χ0v) is 22.3. The Bertz CT molecular complexity index is 307. The van der Waals surface area contributed by atoms with Gasteiger partial charge in [-0.15, -0.1) is 0 Å². The van der Waals surface area contributed by atoms with Gasteiger partial charge < -0.3 is 40.1 Å². The molecular weight excluding hydrogens is 448 g/mol. The number of rotatable bonds is 5. The Morgan fingerprint density at radius 3 is 0.774 bits per heavy atom. The second-order valence-electron chi connectivity index (χ2n) is 6.77. The van der Waals surface area contributed by atoms with E-state index in [1.165, 1.54) is 0 Å². The molecule has 11 heteroatoms. The summed E-state index contributed by atoms with van der Waals surface area (Å²) in [6.45, 7) is 17.0. The van der Waals surface area contributed by atoms with Crippen LogP contribution in [0.5, 0.6) is 0 Å². The van der Waals surface area contributed by atoms with Gasteiger partial charge >= 0.3 is 11.9 Å². The van der Waals surface area contributed by atoms with Crippen LogP contribution in [0.2, 0.25) is 0 Å². The Morgan fingerprint density at radius 1 is 0.548 bits per heavy atom. The van der Waals surface area contributed by atoms with Gasteiger partial charge in [0, 0.05) is 46.1 Å². The largest absolute Gasteiger partial charge is 0.464 e. The maximum Gasteiger partial charge on any atom is 0.338 e. The molecular formula is C20H46O10Ti. The fraction of sp³-hybridized carbons (Fsp3) is 0.900. The molecule has 0 saturated heterocycles. The fourth-order valence-corrected chi connectivity index (χ4v) is 0.713. The molecule has 0 aliphatic carbocycles. The first-order valence-corrected chi connectivity index (χ1v) is 9.89. The van der Waals surface area contributed by atoms with Crippen molar-refractivity contribution in [3.8, 4) is 0 Å². The molecule has 2 atom stereocenters. The molecule has 0 spiro atoms. The second kappa shape index (κ2) is 31.6. The summed E-state index contributed by atoms with van der Waals surface area (Å²) in [7, 11) is 0. The topological polar surface area (TPSA) is 174 Å². The standard InChI is InChI=1S/C8H14O6.4C3H8O.Ti/c1-3-13-7(11)5(9)6(10)8(12)14-4-2;4*1-3(2)4;/h5-6,9-10H,3-4H2,1-2H3;4*3-4H,1-2H3;. The molecule has 31 heavy (non-hydrogen) atoms. The van der Waals surface area contributed by atoms with E-state index in [1.54, 1.807) is 69.2 Å². The molecule has 0 radical (unpaired) electrons. The molecule has 0 fully saturated rings. The van der Waals surface area contributed by atoms with Crippen molar-refractivity contribution in [2.24, 2.45) is 0 Å². The molecule has 0 saturated carbocycles. The smallest absolute Gasteiger partial charge is 0.338 e. The zero-order valence-electron chi connectivity index (χ0n) is 20.7. The SMILES string of the molecule is CC(C)O.CC(C)O.CC(C)O.CC(C)O.CCOC(=O)C(O)C(O)C(=O)OCC.[Ti]. The van der Waals surface area contributed by atoms with Gasteiger partial charge in [0.05, 0.1) is 13.2 Å². The summed E-state index contributed by atoms with van der Waals surface area (Å²) < 4.78 is 8.79. The van der Waals surface area contributed by atoms with Gasteiger partial charge in [0.2, 0.25) is 0 Å². The van der Waals surface area contributed by atoms with Crippen molar-refractivity contribution in [1.82, 2.24) is 0 Å². The summed E-state index contributed by atoms with van der Waals surface area (Å²) in [6, 6.07) is 0. The summed E-state index contributed by atoms with van der Waals surface area (Å²) in [5.41, 5.74) is 0. The molecule has 0 bridgehead atoms. The van der Waals surface area contributed by atoms with Gasteiger partial charge in [-0.2, -0.15) is 0 Å². The maximum atomic E-state index is 10.9. The summed E-state index contributed by atoms with van der Waals surface area (Å²) in [6.07, 6.45) is -4.46.